The van der Waals surface area contributed by atoms with Crippen molar-refractivity contribution >= 4 is 11.7 Å². The van der Waals surface area contributed by atoms with Gasteiger partial charge in [-0.25, -0.2) is 4.79 Å². The zero-order chi connectivity index (χ0) is 13.1. The Kier molecular flexibility index (Phi) is 3.87. The fourth-order valence-electron chi connectivity index (χ4n) is 2.37. The van der Waals surface area contributed by atoms with E-state index in [2.05, 4.69) is 24.1 Å². The molecular weight excluding hydrogens is 228 g/mol. The van der Waals surface area contributed by atoms with Gasteiger partial charge in [-0.05, 0) is 18.1 Å². The van der Waals surface area contributed by atoms with Crippen LogP contribution < -0.4 is 10.2 Å². The SMILES string of the molecule is CC(C)C1CN(c2ccccc2C(=O)O)CCN1. The lowest BCUT2D eigenvalue weighted by atomic mass is 10.0. The van der Waals surface area contributed by atoms with Crippen molar-refractivity contribution in [2.45, 2.75) is 19.9 Å². The van der Waals surface area contributed by atoms with E-state index >= 15 is 0 Å². The van der Waals surface area contributed by atoms with E-state index < -0.39 is 5.97 Å². The first kappa shape index (κ1) is 12.9. The molecule has 1 unspecified atom stereocenters. The minimum absolute atomic E-state index is 0.391. The molecule has 98 valence electrons. The Morgan fingerprint density at radius 3 is 2.83 bits per heavy atom. The maximum Gasteiger partial charge on any atom is 0.337 e. The molecule has 4 nitrogen and oxygen atoms in total. The summed E-state index contributed by atoms with van der Waals surface area (Å²) in [5.74, 6) is -0.310. The molecule has 0 amide bonds. The molecule has 1 atom stereocenters. The van der Waals surface area contributed by atoms with Gasteiger partial charge in [0.1, 0.15) is 0 Å². The topological polar surface area (TPSA) is 52.6 Å². The average Bonchev–Trinajstić information content (AvgIpc) is 2.39. The predicted molar refractivity (Wildman–Crippen MR) is 72.2 cm³/mol. The van der Waals surface area contributed by atoms with E-state index in [-0.39, 0.29) is 0 Å². The number of carboxylic acids is 1. The van der Waals surface area contributed by atoms with E-state index in [0.29, 0.717) is 17.5 Å². The van der Waals surface area contributed by atoms with Crippen molar-refractivity contribution < 1.29 is 9.90 Å². The molecule has 2 rings (SSSR count). The lowest BCUT2D eigenvalue weighted by Crippen LogP contribution is -2.53. The molecule has 0 bridgehead atoms. The van der Waals surface area contributed by atoms with Gasteiger partial charge in [0.05, 0.1) is 11.3 Å². The quantitative estimate of drug-likeness (QED) is 0.856. The van der Waals surface area contributed by atoms with Gasteiger partial charge in [-0.2, -0.15) is 0 Å². The number of nitrogens with one attached hydrogen (secondary N) is 1. The molecule has 0 aliphatic carbocycles. The molecule has 1 aromatic rings. The Hall–Kier alpha value is -1.55. The van der Waals surface area contributed by atoms with Gasteiger partial charge < -0.3 is 15.3 Å². The Morgan fingerprint density at radius 2 is 2.17 bits per heavy atom. The van der Waals surface area contributed by atoms with Crippen LogP contribution in [-0.2, 0) is 0 Å². The highest BCUT2D eigenvalue weighted by Gasteiger charge is 2.24. The van der Waals surface area contributed by atoms with Crippen LogP contribution in [0.4, 0.5) is 5.69 Å². The molecular formula is C14H20N2O2. The first-order chi connectivity index (χ1) is 8.59. The fourth-order valence-corrected chi connectivity index (χ4v) is 2.37. The van der Waals surface area contributed by atoms with Crippen molar-refractivity contribution in [1.29, 1.82) is 0 Å². The third kappa shape index (κ3) is 2.64. The van der Waals surface area contributed by atoms with Crippen LogP contribution in [0, 0.1) is 5.92 Å². The molecule has 4 heteroatoms. The van der Waals surface area contributed by atoms with E-state index in [1.54, 1.807) is 12.1 Å². The van der Waals surface area contributed by atoms with Gasteiger partial charge in [0, 0.05) is 25.7 Å². The van der Waals surface area contributed by atoms with Crippen LogP contribution in [0.25, 0.3) is 0 Å². The van der Waals surface area contributed by atoms with Crippen LogP contribution in [0.2, 0.25) is 0 Å². The van der Waals surface area contributed by atoms with Gasteiger partial charge in [-0.3, -0.25) is 0 Å². The minimum Gasteiger partial charge on any atom is -0.478 e. The zero-order valence-corrected chi connectivity index (χ0v) is 10.9. The number of nitrogens with zero attached hydrogens (tertiary/aromatic N) is 1. The molecule has 1 saturated heterocycles. The van der Waals surface area contributed by atoms with Crippen LogP contribution in [0.5, 0.6) is 0 Å². The van der Waals surface area contributed by atoms with Crippen molar-refractivity contribution in [3.05, 3.63) is 29.8 Å². The highest BCUT2D eigenvalue weighted by molar-refractivity contribution is 5.94. The number of piperazine rings is 1. The van der Waals surface area contributed by atoms with Gasteiger partial charge >= 0.3 is 5.97 Å². The van der Waals surface area contributed by atoms with Crippen molar-refractivity contribution in [2.75, 3.05) is 24.5 Å². The number of hydrogen-bond donors (Lipinski definition) is 2. The third-order valence-electron chi connectivity index (χ3n) is 3.49. The van der Waals surface area contributed by atoms with Gasteiger partial charge in [0.25, 0.3) is 0 Å². The molecule has 18 heavy (non-hydrogen) atoms. The molecule has 0 aromatic heterocycles. The summed E-state index contributed by atoms with van der Waals surface area (Å²) in [5.41, 5.74) is 1.22. The highest BCUT2D eigenvalue weighted by atomic mass is 16.4. The van der Waals surface area contributed by atoms with Gasteiger partial charge in [0.2, 0.25) is 0 Å². The predicted octanol–water partition coefficient (Wildman–Crippen LogP) is 1.82. The number of benzene rings is 1. The Bertz CT molecular complexity index is 432. The first-order valence-corrected chi connectivity index (χ1v) is 6.40. The second-order valence-electron chi connectivity index (χ2n) is 5.07. The zero-order valence-electron chi connectivity index (χ0n) is 10.9. The average molecular weight is 248 g/mol. The van der Waals surface area contributed by atoms with Crippen molar-refractivity contribution in [2.24, 2.45) is 5.92 Å². The van der Waals surface area contributed by atoms with Crippen molar-refractivity contribution in [3.63, 3.8) is 0 Å². The molecule has 1 fully saturated rings. The lowest BCUT2D eigenvalue weighted by Gasteiger charge is -2.37. The van der Waals surface area contributed by atoms with E-state index in [4.69, 9.17) is 0 Å². The van der Waals surface area contributed by atoms with Gasteiger partial charge in [0.15, 0.2) is 0 Å². The summed E-state index contributed by atoms with van der Waals surface area (Å²) >= 11 is 0. The summed E-state index contributed by atoms with van der Waals surface area (Å²) < 4.78 is 0. The molecule has 2 N–H and O–H groups in total. The summed E-state index contributed by atoms with van der Waals surface area (Å²) in [6.07, 6.45) is 0. The van der Waals surface area contributed by atoms with Crippen LogP contribution in [0.3, 0.4) is 0 Å². The van der Waals surface area contributed by atoms with Crippen LogP contribution in [0.15, 0.2) is 24.3 Å². The van der Waals surface area contributed by atoms with E-state index in [9.17, 15) is 9.90 Å². The number of rotatable bonds is 3. The molecule has 1 aromatic carbocycles. The highest BCUT2D eigenvalue weighted by Crippen LogP contribution is 2.22. The summed E-state index contributed by atoms with van der Waals surface area (Å²) in [4.78, 5) is 13.4. The monoisotopic (exact) mass is 248 g/mol. The summed E-state index contributed by atoms with van der Waals surface area (Å²) in [6, 6.07) is 7.65. The number of anilines is 1. The smallest absolute Gasteiger partial charge is 0.337 e. The summed E-state index contributed by atoms with van der Waals surface area (Å²) in [6.45, 7) is 6.99. The number of para-hydroxylation sites is 1. The molecule has 1 aliphatic rings. The van der Waals surface area contributed by atoms with E-state index in [0.717, 1.165) is 25.3 Å². The number of aromatic carboxylic acids is 1. The molecule has 0 spiro atoms. The molecule has 1 aliphatic heterocycles. The van der Waals surface area contributed by atoms with Crippen molar-refractivity contribution in [3.8, 4) is 0 Å². The maximum atomic E-state index is 11.2. The second kappa shape index (κ2) is 5.40. The third-order valence-corrected chi connectivity index (χ3v) is 3.49. The Balaban J connectivity index is 2.23. The normalized spacial score (nSPS) is 20.2. The first-order valence-electron chi connectivity index (χ1n) is 6.40. The van der Waals surface area contributed by atoms with Crippen LogP contribution in [0.1, 0.15) is 24.2 Å². The van der Waals surface area contributed by atoms with Crippen LogP contribution in [-0.4, -0.2) is 36.8 Å². The summed E-state index contributed by atoms with van der Waals surface area (Å²) in [5, 5.41) is 12.7. The van der Waals surface area contributed by atoms with E-state index in [1.807, 2.05) is 12.1 Å². The molecule has 0 radical (unpaired) electrons. The van der Waals surface area contributed by atoms with E-state index in [1.165, 1.54) is 0 Å². The molecule has 1 heterocycles. The van der Waals surface area contributed by atoms with Gasteiger partial charge in [-0.15, -0.1) is 0 Å². The van der Waals surface area contributed by atoms with Gasteiger partial charge in [-0.1, -0.05) is 26.0 Å². The standard InChI is InChI=1S/C14H20N2O2/c1-10(2)12-9-16(8-7-15-12)13-6-4-3-5-11(13)14(17)18/h3-6,10,12,15H,7-9H2,1-2H3,(H,17,18). The Labute approximate surface area is 108 Å². The lowest BCUT2D eigenvalue weighted by molar-refractivity contribution is 0.0697. The van der Waals surface area contributed by atoms with Crippen LogP contribution >= 0.6 is 0 Å². The minimum atomic E-state index is -0.856. The number of carbonyl (C=O) groups is 1. The molecule has 0 saturated carbocycles. The maximum absolute atomic E-state index is 11.2. The largest absolute Gasteiger partial charge is 0.478 e. The Morgan fingerprint density at radius 1 is 1.44 bits per heavy atom. The number of carboxylic acid groups (broad SMARTS) is 1. The summed E-state index contributed by atoms with van der Waals surface area (Å²) in [7, 11) is 0. The fraction of sp³-hybridized carbons (Fsp3) is 0.500. The van der Waals surface area contributed by atoms with Crippen molar-refractivity contribution in [1.82, 2.24) is 5.32 Å². The number of hydrogen-bond acceptors (Lipinski definition) is 3. The second-order valence-corrected chi connectivity index (χ2v) is 5.07.